The molecule has 1 aliphatic carbocycles. The van der Waals surface area contributed by atoms with E-state index in [2.05, 4.69) is 12.2 Å². The molecule has 2 rings (SSSR count). The third kappa shape index (κ3) is 4.43. The molecule has 0 radical (unpaired) electrons. The minimum absolute atomic E-state index is 0.0101. The normalized spacial score (nSPS) is 21.4. The summed E-state index contributed by atoms with van der Waals surface area (Å²) in [4.78, 5) is 24.2. The SMILES string of the molecule is Cc1ccc(C(=O)CCC(=O)N[C@H]2CCCC[C@@H]2C)cc1C. The average molecular weight is 301 g/mol. The number of hydrogen-bond donors (Lipinski definition) is 1. The Hall–Kier alpha value is -1.64. The van der Waals surface area contributed by atoms with Crippen molar-refractivity contribution in [3.63, 3.8) is 0 Å². The number of carbonyl (C=O) groups excluding carboxylic acids is 2. The van der Waals surface area contributed by atoms with E-state index in [0.29, 0.717) is 11.5 Å². The van der Waals surface area contributed by atoms with Gasteiger partial charge in [-0.25, -0.2) is 0 Å². The number of nitrogens with one attached hydrogen (secondary N) is 1. The Kier molecular flexibility index (Phi) is 5.76. The molecule has 1 fully saturated rings. The van der Waals surface area contributed by atoms with Crippen molar-refractivity contribution in [3.05, 3.63) is 34.9 Å². The molecule has 2 atom stereocenters. The van der Waals surface area contributed by atoms with Crippen molar-refractivity contribution in [3.8, 4) is 0 Å². The summed E-state index contributed by atoms with van der Waals surface area (Å²) in [7, 11) is 0. The number of ketones is 1. The smallest absolute Gasteiger partial charge is 0.220 e. The van der Waals surface area contributed by atoms with Gasteiger partial charge in [0.2, 0.25) is 5.91 Å². The van der Waals surface area contributed by atoms with Gasteiger partial charge in [-0.15, -0.1) is 0 Å². The summed E-state index contributed by atoms with van der Waals surface area (Å²) < 4.78 is 0. The second kappa shape index (κ2) is 7.57. The number of carbonyl (C=O) groups is 2. The van der Waals surface area contributed by atoms with Crippen molar-refractivity contribution in [2.45, 2.75) is 65.3 Å². The molecule has 1 saturated carbocycles. The maximum atomic E-state index is 12.2. The highest BCUT2D eigenvalue weighted by atomic mass is 16.2. The highest BCUT2D eigenvalue weighted by molar-refractivity contribution is 5.98. The summed E-state index contributed by atoms with van der Waals surface area (Å²) in [6.07, 6.45) is 5.28. The van der Waals surface area contributed by atoms with E-state index in [1.54, 1.807) is 0 Å². The fourth-order valence-corrected chi connectivity index (χ4v) is 3.10. The predicted octanol–water partition coefficient (Wildman–Crippen LogP) is 3.96. The molecule has 0 aliphatic heterocycles. The number of hydrogen-bond acceptors (Lipinski definition) is 2. The van der Waals surface area contributed by atoms with Crippen LogP contribution in [0.25, 0.3) is 0 Å². The lowest BCUT2D eigenvalue weighted by Gasteiger charge is -2.29. The van der Waals surface area contributed by atoms with Crippen molar-refractivity contribution >= 4 is 11.7 Å². The first kappa shape index (κ1) is 16.7. The minimum atomic E-state index is 0.0101. The van der Waals surface area contributed by atoms with Gasteiger partial charge in [0, 0.05) is 24.4 Å². The summed E-state index contributed by atoms with van der Waals surface area (Å²) in [5.41, 5.74) is 3.01. The lowest BCUT2D eigenvalue weighted by Crippen LogP contribution is -2.41. The molecule has 3 heteroatoms. The molecule has 0 aromatic heterocycles. The Balaban J connectivity index is 1.82. The van der Waals surface area contributed by atoms with Crippen molar-refractivity contribution in [2.75, 3.05) is 0 Å². The maximum absolute atomic E-state index is 12.2. The second-order valence-electron chi connectivity index (χ2n) is 6.66. The molecule has 1 N–H and O–H groups in total. The maximum Gasteiger partial charge on any atom is 0.220 e. The largest absolute Gasteiger partial charge is 0.353 e. The van der Waals surface area contributed by atoms with Crippen LogP contribution in [0.2, 0.25) is 0 Å². The van der Waals surface area contributed by atoms with Crippen molar-refractivity contribution in [1.82, 2.24) is 5.32 Å². The Morgan fingerprint density at radius 3 is 2.50 bits per heavy atom. The van der Waals surface area contributed by atoms with Crippen LogP contribution < -0.4 is 5.32 Å². The van der Waals surface area contributed by atoms with Gasteiger partial charge in [-0.05, 0) is 49.8 Å². The van der Waals surface area contributed by atoms with Crippen LogP contribution in [0, 0.1) is 19.8 Å². The van der Waals surface area contributed by atoms with Gasteiger partial charge in [-0.3, -0.25) is 9.59 Å². The highest BCUT2D eigenvalue weighted by Crippen LogP contribution is 2.23. The van der Waals surface area contributed by atoms with Gasteiger partial charge in [0.05, 0.1) is 0 Å². The number of Topliss-reactive ketones (excluding diaryl/α,β-unsaturated/α-hetero) is 1. The molecular formula is C19H27NO2. The van der Waals surface area contributed by atoms with Gasteiger partial charge in [0.15, 0.2) is 5.78 Å². The molecule has 0 unspecified atom stereocenters. The van der Waals surface area contributed by atoms with E-state index >= 15 is 0 Å². The minimum Gasteiger partial charge on any atom is -0.353 e. The summed E-state index contributed by atoms with van der Waals surface area (Å²) >= 11 is 0. The zero-order chi connectivity index (χ0) is 16.1. The first-order chi connectivity index (χ1) is 10.5. The molecule has 0 saturated heterocycles. The number of rotatable bonds is 5. The van der Waals surface area contributed by atoms with Crippen LogP contribution in [-0.4, -0.2) is 17.7 Å². The highest BCUT2D eigenvalue weighted by Gasteiger charge is 2.22. The first-order valence-electron chi connectivity index (χ1n) is 8.37. The fraction of sp³-hybridized carbons (Fsp3) is 0.579. The average Bonchev–Trinajstić information content (AvgIpc) is 2.50. The van der Waals surface area contributed by atoms with Crippen molar-refractivity contribution in [2.24, 2.45) is 5.92 Å². The second-order valence-corrected chi connectivity index (χ2v) is 6.66. The van der Waals surface area contributed by atoms with E-state index in [1.807, 2.05) is 32.0 Å². The van der Waals surface area contributed by atoms with Gasteiger partial charge >= 0.3 is 0 Å². The quantitative estimate of drug-likeness (QED) is 0.837. The molecule has 3 nitrogen and oxygen atoms in total. The van der Waals surface area contributed by atoms with Crippen LogP contribution in [0.15, 0.2) is 18.2 Å². The number of benzene rings is 1. The third-order valence-electron chi connectivity index (χ3n) is 4.87. The molecule has 1 amide bonds. The predicted molar refractivity (Wildman–Crippen MR) is 89.0 cm³/mol. The van der Waals surface area contributed by atoms with Crippen LogP contribution >= 0.6 is 0 Å². The Bertz CT molecular complexity index is 550. The van der Waals surface area contributed by atoms with E-state index in [4.69, 9.17) is 0 Å². The monoisotopic (exact) mass is 301 g/mol. The van der Waals surface area contributed by atoms with Crippen LogP contribution in [0.3, 0.4) is 0 Å². The van der Waals surface area contributed by atoms with Gasteiger partial charge in [-0.1, -0.05) is 31.9 Å². The first-order valence-corrected chi connectivity index (χ1v) is 8.37. The van der Waals surface area contributed by atoms with E-state index in [9.17, 15) is 9.59 Å². The molecule has 0 heterocycles. The Labute approximate surface area is 133 Å². The molecule has 120 valence electrons. The standard InChI is InChI=1S/C19H27NO2/c1-13-8-9-16(12-15(13)3)18(21)10-11-19(22)20-17-7-5-4-6-14(17)2/h8-9,12,14,17H,4-7,10-11H2,1-3H3,(H,20,22)/t14-,17-/m0/s1. The fourth-order valence-electron chi connectivity index (χ4n) is 3.10. The molecule has 1 aromatic carbocycles. The number of amides is 1. The van der Waals surface area contributed by atoms with Crippen molar-refractivity contribution in [1.29, 1.82) is 0 Å². The third-order valence-corrected chi connectivity index (χ3v) is 4.87. The summed E-state index contributed by atoms with van der Waals surface area (Å²) in [6, 6.07) is 6.02. The van der Waals surface area contributed by atoms with Crippen LogP contribution in [0.4, 0.5) is 0 Å². The molecule has 0 bridgehead atoms. The van der Waals surface area contributed by atoms with Crippen LogP contribution in [-0.2, 0) is 4.79 Å². The lowest BCUT2D eigenvalue weighted by molar-refractivity contribution is -0.122. The van der Waals surface area contributed by atoms with Gasteiger partial charge in [0.1, 0.15) is 0 Å². The van der Waals surface area contributed by atoms with E-state index in [0.717, 1.165) is 12.0 Å². The van der Waals surface area contributed by atoms with Gasteiger partial charge < -0.3 is 5.32 Å². The Morgan fingerprint density at radius 1 is 1.09 bits per heavy atom. The van der Waals surface area contributed by atoms with E-state index < -0.39 is 0 Å². The molecule has 0 spiro atoms. The Morgan fingerprint density at radius 2 is 1.82 bits per heavy atom. The van der Waals surface area contributed by atoms with E-state index in [1.165, 1.54) is 24.8 Å². The van der Waals surface area contributed by atoms with Gasteiger partial charge in [0.25, 0.3) is 0 Å². The molecule has 22 heavy (non-hydrogen) atoms. The van der Waals surface area contributed by atoms with Gasteiger partial charge in [-0.2, -0.15) is 0 Å². The summed E-state index contributed by atoms with van der Waals surface area (Å²) in [5.74, 6) is 0.610. The lowest BCUT2D eigenvalue weighted by atomic mass is 9.86. The molecule has 1 aromatic rings. The molecule has 1 aliphatic rings. The topological polar surface area (TPSA) is 46.2 Å². The summed E-state index contributed by atoms with van der Waals surface area (Å²) in [5, 5.41) is 3.10. The van der Waals surface area contributed by atoms with Crippen LogP contribution in [0.1, 0.15) is 66.9 Å². The summed E-state index contributed by atoms with van der Waals surface area (Å²) in [6.45, 7) is 6.23. The zero-order valence-corrected chi connectivity index (χ0v) is 13.9. The zero-order valence-electron chi connectivity index (χ0n) is 13.9. The van der Waals surface area contributed by atoms with Crippen LogP contribution in [0.5, 0.6) is 0 Å². The number of aryl methyl sites for hydroxylation is 2. The molecular weight excluding hydrogens is 274 g/mol. The van der Waals surface area contributed by atoms with Crippen molar-refractivity contribution < 1.29 is 9.59 Å². The van der Waals surface area contributed by atoms with E-state index in [-0.39, 0.29) is 30.6 Å².